The fourth-order valence-corrected chi connectivity index (χ4v) is 3.09. The van der Waals surface area contributed by atoms with Gasteiger partial charge in [-0.15, -0.1) is 0 Å². The van der Waals surface area contributed by atoms with Crippen molar-refractivity contribution in [2.75, 3.05) is 20.6 Å². The van der Waals surface area contributed by atoms with E-state index in [-0.39, 0.29) is 5.56 Å². The SMILES string of the molecule is CN(C)CCc1cccc2c1oc1c3ccccc3c(=O)[nH]c21. The number of furan rings is 1. The Bertz CT molecular complexity index is 1070. The molecule has 0 amide bonds. The first-order chi connectivity index (χ1) is 11.1. The molecule has 2 aromatic carbocycles. The summed E-state index contributed by atoms with van der Waals surface area (Å²) in [4.78, 5) is 17.5. The number of hydrogen-bond acceptors (Lipinski definition) is 3. The molecule has 0 spiro atoms. The lowest BCUT2D eigenvalue weighted by molar-refractivity contribution is 0.413. The van der Waals surface area contributed by atoms with Crippen molar-refractivity contribution in [3.8, 4) is 0 Å². The number of benzene rings is 2. The average Bonchev–Trinajstić information content (AvgIpc) is 2.93. The molecule has 0 aliphatic rings. The van der Waals surface area contributed by atoms with Crippen molar-refractivity contribution in [2.24, 2.45) is 0 Å². The van der Waals surface area contributed by atoms with Crippen LogP contribution in [-0.4, -0.2) is 30.5 Å². The molecule has 23 heavy (non-hydrogen) atoms. The Kier molecular flexibility index (Phi) is 3.20. The average molecular weight is 306 g/mol. The van der Waals surface area contributed by atoms with E-state index >= 15 is 0 Å². The molecule has 0 bridgehead atoms. The fraction of sp³-hybridized carbons (Fsp3) is 0.211. The maximum atomic E-state index is 12.3. The van der Waals surface area contributed by atoms with Crippen LogP contribution in [0.3, 0.4) is 0 Å². The summed E-state index contributed by atoms with van der Waals surface area (Å²) >= 11 is 0. The summed E-state index contributed by atoms with van der Waals surface area (Å²) in [6.45, 7) is 0.952. The van der Waals surface area contributed by atoms with Gasteiger partial charge in [0, 0.05) is 17.3 Å². The first kappa shape index (κ1) is 14.0. The summed E-state index contributed by atoms with van der Waals surface area (Å²) in [6, 6.07) is 13.7. The molecule has 4 rings (SSSR count). The molecule has 0 aliphatic carbocycles. The second kappa shape index (κ2) is 5.25. The molecule has 4 aromatic rings. The number of pyridine rings is 1. The van der Waals surface area contributed by atoms with Gasteiger partial charge >= 0.3 is 0 Å². The number of rotatable bonds is 3. The first-order valence-electron chi connectivity index (χ1n) is 7.75. The van der Waals surface area contributed by atoms with E-state index in [0.717, 1.165) is 46.0 Å². The highest BCUT2D eigenvalue weighted by atomic mass is 16.3. The Morgan fingerprint density at radius 3 is 2.48 bits per heavy atom. The summed E-state index contributed by atoms with van der Waals surface area (Å²) in [5.74, 6) is 0. The molecule has 0 radical (unpaired) electrons. The highest BCUT2D eigenvalue weighted by Gasteiger charge is 2.15. The van der Waals surface area contributed by atoms with Gasteiger partial charge < -0.3 is 14.3 Å². The van der Waals surface area contributed by atoms with Crippen LogP contribution in [0, 0.1) is 0 Å². The van der Waals surface area contributed by atoms with E-state index in [9.17, 15) is 4.79 Å². The zero-order chi connectivity index (χ0) is 16.0. The van der Waals surface area contributed by atoms with Crippen LogP contribution in [-0.2, 0) is 6.42 Å². The van der Waals surface area contributed by atoms with Crippen molar-refractivity contribution in [3.63, 3.8) is 0 Å². The topological polar surface area (TPSA) is 49.2 Å². The quantitative estimate of drug-likeness (QED) is 0.630. The van der Waals surface area contributed by atoms with E-state index in [0.29, 0.717) is 5.39 Å². The molecule has 4 heteroatoms. The zero-order valence-corrected chi connectivity index (χ0v) is 13.2. The van der Waals surface area contributed by atoms with Crippen LogP contribution in [0.15, 0.2) is 51.7 Å². The van der Waals surface area contributed by atoms with Crippen molar-refractivity contribution in [1.82, 2.24) is 9.88 Å². The van der Waals surface area contributed by atoms with E-state index in [2.05, 4.69) is 30.0 Å². The van der Waals surface area contributed by atoms with Crippen LogP contribution in [0.4, 0.5) is 0 Å². The van der Waals surface area contributed by atoms with Gasteiger partial charge in [-0.05, 0) is 38.2 Å². The Hall–Kier alpha value is -2.59. The van der Waals surface area contributed by atoms with E-state index in [4.69, 9.17) is 4.42 Å². The number of aromatic amines is 1. The van der Waals surface area contributed by atoms with Crippen molar-refractivity contribution in [3.05, 3.63) is 58.4 Å². The lowest BCUT2D eigenvalue weighted by Crippen LogP contribution is -2.15. The zero-order valence-electron chi connectivity index (χ0n) is 13.2. The van der Waals surface area contributed by atoms with Crippen molar-refractivity contribution < 1.29 is 4.42 Å². The maximum Gasteiger partial charge on any atom is 0.256 e. The lowest BCUT2D eigenvalue weighted by Gasteiger charge is -2.09. The van der Waals surface area contributed by atoms with Crippen LogP contribution < -0.4 is 5.56 Å². The van der Waals surface area contributed by atoms with E-state index in [1.165, 1.54) is 0 Å². The largest absolute Gasteiger partial charge is 0.453 e. The second-order valence-corrected chi connectivity index (χ2v) is 6.15. The highest BCUT2D eigenvalue weighted by molar-refractivity contribution is 6.12. The van der Waals surface area contributed by atoms with Crippen molar-refractivity contribution in [2.45, 2.75) is 6.42 Å². The lowest BCUT2D eigenvalue weighted by atomic mass is 10.1. The summed E-state index contributed by atoms with van der Waals surface area (Å²) < 4.78 is 6.20. The molecule has 0 aliphatic heterocycles. The third-order valence-corrected chi connectivity index (χ3v) is 4.28. The molecule has 1 N–H and O–H groups in total. The molecule has 0 atom stereocenters. The Morgan fingerprint density at radius 2 is 1.70 bits per heavy atom. The maximum absolute atomic E-state index is 12.3. The van der Waals surface area contributed by atoms with Crippen LogP contribution in [0.25, 0.3) is 32.8 Å². The third kappa shape index (κ3) is 2.23. The number of nitrogens with zero attached hydrogens (tertiary/aromatic N) is 1. The van der Waals surface area contributed by atoms with Gasteiger partial charge in [0.05, 0.1) is 10.9 Å². The number of likely N-dealkylation sites (N-methyl/N-ethyl adjacent to an activating group) is 1. The number of fused-ring (bicyclic) bond motifs is 5. The number of H-pyrrole nitrogens is 1. The van der Waals surface area contributed by atoms with E-state index in [1.807, 2.05) is 36.4 Å². The summed E-state index contributed by atoms with van der Waals surface area (Å²) in [7, 11) is 4.12. The van der Waals surface area contributed by atoms with Gasteiger partial charge in [0.25, 0.3) is 5.56 Å². The minimum Gasteiger partial charge on any atom is -0.453 e. The predicted molar refractivity (Wildman–Crippen MR) is 94.1 cm³/mol. The van der Waals surface area contributed by atoms with Crippen LogP contribution in [0.5, 0.6) is 0 Å². The van der Waals surface area contributed by atoms with Crippen molar-refractivity contribution in [1.29, 1.82) is 0 Å². The van der Waals surface area contributed by atoms with Gasteiger partial charge in [0.15, 0.2) is 5.58 Å². The smallest absolute Gasteiger partial charge is 0.256 e. The standard InChI is InChI=1S/C19H18N2O2/c1-21(2)11-10-12-6-5-9-15-16-18(23-17(12)15)13-7-3-4-8-14(13)19(22)20-16/h3-9H,10-11H2,1-2H3,(H,20,22). The first-order valence-corrected chi connectivity index (χ1v) is 7.75. The monoisotopic (exact) mass is 306 g/mol. The second-order valence-electron chi connectivity index (χ2n) is 6.15. The van der Waals surface area contributed by atoms with Gasteiger partial charge in [-0.25, -0.2) is 0 Å². The number of para-hydroxylation sites is 1. The molecular formula is C19H18N2O2. The van der Waals surface area contributed by atoms with Gasteiger partial charge in [-0.2, -0.15) is 0 Å². The Balaban J connectivity index is 2.06. The minimum absolute atomic E-state index is 0.0745. The minimum atomic E-state index is -0.0745. The molecular weight excluding hydrogens is 288 g/mol. The molecule has 4 nitrogen and oxygen atoms in total. The molecule has 116 valence electrons. The van der Waals surface area contributed by atoms with Crippen LogP contribution >= 0.6 is 0 Å². The molecule has 0 saturated heterocycles. The number of hydrogen-bond donors (Lipinski definition) is 1. The van der Waals surface area contributed by atoms with Gasteiger partial charge in [0.1, 0.15) is 5.58 Å². The van der Waals surface area contributed by atoms with Crippen LogP contribution in [0.1, 0.15) is 5.56 Å². The van der Waals surface area contributed by atoms with E-state index < -0.39 is 0 Å². The predicted octanol–water partition coefficient (Wildman–Crippen LogP) is 3.53. The summed E-state index contributed by atoms with van der Waals surface area (Å²) in [5.41, 5.74) is 3.51. The Morgan fingerprint density at radius 1 is 0.957 bits per heavy atom. The normalized spacial score (nSPS) is 12.0. The number of nitrogens with one attached hydrogen (secondary N) is 1. The summed E-state index contributed by atoms with van der Waals surface area (Å²) in [6.07, 6.45) is 0.909. The van der Waals surface area contributed by atoms with E-state index in [1.54, 1.807) is 0 Å². The molecule has 0 fully saturated rings. The van der Waals surface area contributed by atoms with Crippen LogP contribution in [0.2, 0.25) is 0 Å². The molecule has 2 aromatic heterocycles. The van der Waals surface area contributed by atoms with Gasteiger partial charge in [-0.1, -0.05) is 30.3 Å². The number of aromatic nitrogens is 1. The third-order valence-electron chi connectivity index (χ3n) is 4.28. The Labute approximate surface area is 133 Å². The molecule has 2 heterocycles. The molecule has 0 saturated carbocycles. The summed E-state index contributed by atoms with van der Waals surface area (Å²) in [5, 5.41) is 2.49. The molecule has 0 unspecified atom stereocenters. The highest BCUT2D eigenvalue weighted by Crippen LogP contribution is 2.32. The van der Waals surface area contributed by atoms with Gasteiger partial charge in [-0.3, -0.25) is 4.79 Å². The van der Waals surface area contributed by atoms with Crippen molar-refractivity contribution >= 4 is 32.8 Å². The van der Waals surface area contributed by atoms with Gasteiger partial charge in [0.2, 0.25) is 0 Å². The fourth-order valence-electron chi connectivity index (χ4n) is 3.09.